The fourth-order valence-corrected chi connectivity index (χ4v) is 7.89. The third kappa shape index (κ3) is 8.14. The van der Waals surface area contributed by atoms with Gasteiger partial charge in [0, 0.05) is 23.4 Å². The normalized spacial score (nSPS) is 28.7. The fourth-order valence-electron chi connectivity index (χ4n) is 6.37. The smallest absolute Gasteiger partial charge is 0.408 e. The molecule has 1 saturated heterocycles. The molecule has 266 valence electrons. The van der Waals surface area contributed by atoms with Crippen molar-refractivity contribution in [3.63, 3.8) is 0 Å². The van der Waals surface area contributed by atoms with E-state index in [0.29, 0.717) is 48.2 Å². The number of alkyl carbamates (subject to hydrolysis) is 1. The molecule has 16 heteroatoms. The van der Waals surface area contributed by atoms with Gasteiger partial charge in [-0.3, -0.25) is 19.1 Å². The Balaban J connectivity index is 1.28. The van der Waals surface area contributed by atoms with Crippen LogP contribution >= 0.6 is 11.6 Å². The molecule has 4 aliphatic rings. The second-order valence-electron chi connectivity index (χ2n) is 14.3. The molecular formula is C33H42ClN5O9S. The number of aromatic nitrogens is 1. The Kier molecular flexibility index (Phi) is 9.61. The van der Waals surface area contributed by atoms with E-state index in [-0.39, 0.29) is 25.5 Å². The van der Waals surface area contributed by atoms with Gasteiger partial charge in [0.05, 0.1) is 11.8 Å². The number of hydrogen-bond donors (Lipinski definition) is 3. The van der Waals surface area contributed by atoms with Gasteiger partial charge in [0.2, 0.25) is 21.8 Å². The van der Waals surface area contributed by atoms with E-state index in [1.54, 1.807) is 39.0 Å². The van der Waals surface area contributed by atoms with Crippen LogP contribution in [0.3, 0.4) is 0 Å². The number of allylic oxidation sites excluding steroid dienone is 1. The Morgan fingerprint density at radius 1 is 1.14 bits per heavy atom. The van der Waals surface area contributed by atoms with Gasteiger partial charge in [-0.15, -0.1) is 0 Å². The van der Waals surface area contributed by atoms with Crippen LogP contribution in [-0.4, -0.2) is 83.2 Å². The fraction of sp³-hybridized carbons (Fsp3) is 0.606. The number of carbonyl (C=O) groups is 4. The van der Waals surface area contributed by atoms with Gasteiger partial charge < -0.3 is 29.4 Å². The van der Waals surface area contributed by atoms with Crippen molar-refractivity contribution >= 4 is 56.5 Å². The van der Waals surface area contributed by atoms with Crippen LogP contribution in [0.25, 0.3) is 11.1 Å². The number of ether oxygens (including phenoxy) is 2. The molecule has 0 radical (unpaired) electrons. The molecule has 2 aliphatic heterocycles. The average molecular weight is 720 g/mol. The van der Waals surface area contributed by atoms with Gasteiger partial charge in [0.1, 0.15) is 34.8 Å². The van der Waals surface area contributed by atoms with E-state index in [1.165, 1.54) is 4.90 Å². The highest BCUT2D eigenvalue weighted by Gasteiger charge is 2.62. The minimum atomic E-state index is -3.88. The van der Waals surface area contributed by atoms with Crippen LogP contribution < -0.4 is 20.1 Å². The zero-order chi connectivity index (χ0) is 35.1. The Bertz CT molecular complexity index is 1770. The first-order valence-corrected chi connectivity index (χ1v) is 18.6. The van der Waals surface area contributed by atoms with Crippen molar-refractivity contribution < 1.29 is 41.5 Å². The Morgan fingerprint density at radius 3 is 2.65 bits per heavy atom. The summed E-state index contributed by atoms with van der Waals surface area (Å²) in [7, 11) is -3.88. The number of fused-ring (bicyclic) bond motifs is 3. The summed E-state index contributed by atoms with van der Waals surface area (Å²) in [6.07, 6.45) is 6.50. The van der Waals surface area contributed by atoms with E-state index >= 15 is 0 Å². The highest BCUT2D eigenvalue weighted by molar-refractivity contribution is 7.91. The molecule has 2 saturated carbocycles. The largest absolute Gasteiger partial charge is 0.445 e. The van der Waals surface area contributed by atoms with Crippen LogP contribution in [0.4, 0.5) is 4.79 Å². The minimum absolute atomic E-state index is 0.00872. The summed E-state index contributed by atoms with van der Waals surface area (Å²) in [6.45, 7) is 5.10. The maximum absolute atomic E-state index is 14.3. The monoisotopic (exact) mass is 719 g/mol. The second-order valence-corrected chi connectivity index (χ2v) is 16.7. The van der Waals surface area contributed by atoms with Crippen LogP contribution in [0.2, 0.25) is 5.02 Å². The second kappa shape index (κ2) is 13.5. The highest BCUT2D eigenvalue weighted by atomic mass is 35.5. The number of hydrogen-bond acceptors (Lipinski definition) is 10. The van der Waals surface area contributed by atoms with Crippen molar-refractivity contribution in [1.29, 1.82) is 0 Å². The van der Waals surface area contributed by atoms with Gasteiger partial charge in [0.25, 0.3) is 5.91 Å². The van der Waals surface area contributed by atoms with Gasteiger partial charge in [-0.05, 0) is 71.4 Å². The van der Waals surface area contributed by atoms with Crippen LogP contribution in [0.15, 0.2) is 34.8 Å². The molecule has 3 fully saturated rings. The molecule has 0 unspecified atom stereocenters. The van der Waals surface area contributed by atoms with Crippen molar-refractivity contribution in [2.45, 2.75) is 113 Å². The summed E-state index contributed by atoms with van der Waals surface area (Å²) >= 11 is 6.09. The summed E-state index contributed by atoms with van der Waals surface area (Å²) < 4.78 is 44.9. The van der Waals surface area contributed by atoms with Crippen LogP contribution in [0.5, 0.6) is 6.08 Å². The lowest BCUT2D eigenvalue weighted by atomic mass is 10.0. The molecule has 14 nitrogen and oxygen atoms in total. The van der Waals surface area contributed by atoms with Crippen molar-refractivity contribution in [3.8, 4) is 6.08 Å². The van der Waals surface area contributed by atoms with E-state index in [4.69, 9.17) is 25.5 Å². The third-order valence-corrected chi connectivity index (χ3v) is 11.2. The molecule has 4 amide bonds. The number of rotatable bonds is 6. The molecule has 3 N–H and O–H groups in total. The van der Waals surface area contributed by atoms with E-state index in [9.17, 15) is 27.6 Å². The Hall–Kier alpha value is -3.85. The van der Waals surface area contributed by atoms with E-state index in [0.717, 1.165) is 12.8 Å². The van der Waals surface area contributed by atoms with Crippen LogP contribution in [-0.2, 0) is 29.1 Å². The highest BCUT2D eigenvalue weighted by Crippen LogP contribution is 2.46. The van der Waals surface area contributed by atoms with Gasteiger partial charge in [-0.2, -0.15) is 4.98 Å². The standard InChI is InChI=1S/C33H42ClN5O9S/c1-32(2,3)48-30(43)35-24-10-8-6-4-5-7-9-19-17-33(19,29(42)38-49(44,45)22-12-13-22)37-27(40)25-16-21(18-39(25)28(24)41)46-31-36-23-14-11-20(34)15-26(23)47-31/h7,9,11,14-15,19,21-22,24-25H,4-6,8,10,12-13,16-18H2,1-3H3,(H,35,43)(H,37,40)(H,38,42)/b9-7-/t19-,21+,24-,25-,33+/m0/s1. The number of amides is 4. The predicted octanol–water partition coefficient (Wildman–Crippen LogP) is 3.73. The van der Waals surface area contributed by atoms with Crippen molar-refractivity contribution in [3.05, 3.63) is 35.4 Å². The van der Waals surface area contributed by atoms with E-state index in [2.05, 4.69) is 20.3 Å². The molecule has 49 heavy (non-hydrogen) atoms. The zero-order valence-electron chi connectivity index (χ0n) is 27.7. The first-order chi connectivity index (χ1) is 23.1. The van der Waals surface area contributed by atoms with E-state index < -0.39 is 74.3 Å². The summed E-state index contributed by atoms with van der Waals surface area (Å²) in [5.41, 5.74) is -1.41. The van der Waals surface area contributed by atoms with Crippen molar-refractivity contribution in [2.75, 3.05) is 6.54 Å². The van der Waals surface area contributed by atoms with Gasteiger partial charge >= 0.3 is 12.2 Å². The Morgan fingerprint density at radius 2 is 1.92 bits per heavy atom. The number of halogens is 1. The van der Waals surface area contributed by atoms with Crippen LogP contribution in [0.1, 0.15) is 78.6 Å². The van der Waals surface area contributed by atoms with E-state index in [1.807, 2.05) is 12.2 Å². The molecule has 0 spiro atoms. The molecule has 2 aliphatic carbocycles. The zero-order valence-corrected chi connectivity index (χ0v) is 29.3. The summed E-state index contributed by atoms with van der Waals surface area (Å²) in [5.74, 6) is -2.40. The maximum atomic E-state index is 14.3. The predicted molar refractivity (Wildman–Crippen MR) is 178 cm³/mol. The molecular weight excluding hydrogens is 678 g/mol. The third-order valence-electron chi connectivity index (χ3n) is 9.13. The van der Waals surface area contributed by atoms with Crippen LogP contribution in [0, 0.1) is 5.92 Å². The molecule has 1 aromatic heterocycles. The lowest BCUT2D eigenvalue weighted by molar-refractivity contribution is -0.141. The quantitative estimate of drug-likeness (QED) is 0.372. The maximum Gasteiger partial charge on any atom is 0.408 e. The number of nitrogens with zero attached hydrogens (tertiary/aromatic N) is 2. The number of carbonyl (C=O) groups excluding carboxylic acids is 4. The molecule has 6 rings (SSSR count). The molecule has 0 bridgehead atoms. The van der Waals surface area contributed by atoms with Crippen molar-refractivity contribution in [2.24, 2.45) is 5.92 Å². The van der Waals surface area contributed by atoms with Gasteiger partial charge in [0.15, 0.2) is 5.58 Å². The summed E-state index contributed by atoms with van der Waals surface area (Å²) in [6, 6.07) is 2.79. The minimum Gasteiger partial charge on any atom is -0.445 e. The number of oxazole rings is 1. The lowest BCUT2D eigenvalue weighted by Crippen LogP contribution is -2.58. The molecule has 5 atom stereocenters. The van der Waals surface area contributed by atoms with Gasteiger partial charge in [-0.25, -0.2) is 13.2 Å². The molecule has 1 aromatic carbocycles. The first-order valence-electron chi connectivity index (χ1n) is 16.7. The summed E-state index contributed by atoms with van der Waals surface area (Å²) in [4.78, 5) is 60.5. The number of sulfonamides is 1. The number of benzene rings is 1. The van der Waals surface area contributed by atoms with Crippen molar-refractivity contribution in [1.82, 2.24) is 25.2 Å². The summed E-state index contributed by atoms with van der Waals surface area (Å²) in [5, 5.41) is 5.35. The Labute approximate surface area is 289 Å². The SMILES string of the molecule is CC(C)(C)OC(=O)N[C@H]1CCCCC/C=C\[C@H]2C[C@@]2(C(=O)NS(=O)(=O)C2CC2)NC(=O)[C@@H]2C[C@@H](Oc3nc4ccc(Cl)cc4o3)CN2C1=O. The number of nitrogens with one attached hydrogen (secondary N) is 3. The molecule has 3 heterocycles. The average Bonchev–Trinajstić information content (AvgIpc) is 3.90. The first kappa shape index (κ1) is 35.0. The lowest BCUT2D eigenvalue weighted by Gasteiger charge is -2.30. The van der Waals surface area contributed by atoms with Gasteiger partial charge in [-0.1, -0.05) is 36.6 Å². The molecule has 2 aromatic rings. The topological polar surface area (TPSA) is 186 Å².